The van der Waals surface area contributed by atoms with Crippen LogP contribution in [0.1, 0.15) is 71.1 Å². The first-order valence-corrected chi connectivity index (χ1v) is 6.82. The highest BCUT2D eigenvalue weighted by atomic mass is 16.4. The summed E-state index contributed by atoms with van der Waals surface area (Å²) < 4.78 is 0. The van der Waals surface area contributed by atoms with E-state index in [-0.39, 0.29) is 6.42 Å². The van der Waals surface area contributed by atoms with E-state index in [1.807, 2.05) is 0 Å². The third kappa shape index (κ3) is 44.2. The second-order valence-corrected chi connectivity index (χ2v) is 4.13. The molecule has 0 aromatic carbocycles. The highest BCUT2D eigenvalue weighted by molar-refractivity contribution is 5.63. The number of carbonyl (C=O) groups excluding carboxylic acids is 3. The highest BCUT2D eigenvalue weighted by Gasteiger charge is 1.92. The van der Waals surface area contributed by atoms with Crippen LogP contribution in [-0.2, 0) is 14.4 Å². The lowest BCUT2D eigenvalue weighted by Gasteiger charge is -2.02. The SMILES string of the molecule is CCCCCCCCCCCC(=O)[O-].[N-]=C=O.[N-]=C=O. The number of nitrogens with zero attached hydrogens (tertiary/aromatic N) is 2. The van der Waals surface area contributed by atoms with Gasteiger partial charge < -0.3 is 20.7 Å². The third-order valence-electron chi connectivity index (χ3n) is 2.48. The number of hydrogen-bond donors (Lipinski definition) is 0. The molecule has 0 saturated heterocycles. The summed E-state index contributed by atoms with van der Waals surface area (Å²) in [5.41, 5.74) is 0. The minimum Gasteiger partial charge on any atom is -0.724 e. The van der Waals surface area contributed by atoms with Crippen molar-refractivity contribution in [3.05, 3.63) is 10.8 Å². The first kappa shape index (κ1) is 23.3. The topological polar surface area (TPSA) is 119 Å². The maximum atomic E-state index is 10.1. The molecule has 0 bridgehead atoms. The number of hydrogen-bond acceptors (Lipinski definition) is 4. The lowest BCUT2D eigenvalue weighted by molar-refractivity contribution is -0.305. The van der Waals surface area contributed by atoms with Crippen LogP contribution in [-0.4, -0.2) is 18.1 Å². The van der Waals surface area contributed by atoms with E-state index in [1.54, 1.807) is 0 Å². The molecule has 0 amide bonds. The standard InChI is InChI=1S/C12H24O2.2CNO/c1-2-3-4-5-6-7-8-9-10-11-12(13)14;2*2-1-3/h2-11H2,1H3,(H,13,14);;/q;2*-1/p-1. The van der Waals surface area contributed by atoms with E-state index in [2.05, 4.69) is 6.92 Å². The first-order valence-electron chi connectivity index (χ1n) is 6.82. The maximum Gasteiger partial charge on any atom is 0.0414 e. The fourth-order valence-corrected chi connectivity index (χ4v) is 1.58. The quantitative estimate of drug-likeness (QED) is 0.347. The smallest absolute Gasteiger partial charge is 0.0414 e. The van der Waals surface area contributed by atoms with Crippen molar-refractivity contribution < 1.29 is 19.5 Å². The van der Waals surface area contributed by atoms with Crippen LogP contribution in [0.15, 0.2) is 0 Å². The zero-order chi connectivity index (χ0) is 16.1. The molecule has 0 atom stereocenters. The second kappa shape index (κ2) is 25.9. The Morgan fingerprint density at radius 3 is 1.45 bits per heavy atom. The molecule has 0 saturated carbocycles. The highest BCUT2D eigenvalue weighted by Crippen LogP contribution is 2.09. The molecule has 0 radical (unpaired) electrons. The average molecular weight is 283 g/mol. The Labute approximate surface area is 120 Å². The number of unbranched alkanes of at least 4 members (excludes halogenated alkanes) is 8. The minimum atomic E-state index is -0.909. The van der Waals surface area contributed by atoms with E-state index < -0.39 is 5.97 Å². The Hall–Kier alpha value is -1.77. The zero-order valence-electron chi connectivity index (χ0n) is 12.1. The van der Waals surface area contributed by atoms with Gasteiger partial charge in [0, 0.05) is 5.97 Å². The van der Waals surface area contributed by atoms with Gasteiger partial charge in [0.25, 0.3) is 0 Å². The molecule has 0 heterocycles. The lowest BCUT2D eigenvalue weighted by atomic mass is 10.1. The van der Waals surface area contributed by atoms with Crippen LogP contribution in [0.3, 0.4) is 0 Å². The summed E-state index contributed by atoms with van der Waals surface area (Å²) in [7, 11) is 0. The summed E-state index contributed by atoms with van der Waals surface area (Å²) in [6.45, 7) is 2.22. The van der Waals surface area contributed by atoms with Gasteiger partial charge in [-0.25, -0.2) is 0 Å². The van der Waals surface area contributed by atoms with Crippen molar-refractivity contribution in [1.82, 2.24) is 0 Å². The summed E-state index contributed by atoms with van der Waals surface area (Å²) in [5.74, 6) is -0.909. The Kier molecular flexibility index (Phi) is 30.3. The Morgan fingerprint density at radius 2 is 1.15 bits per heavy atom. The van der Waals surface area contributed by atoms with Crippen LogP contribution in [0.25, 0.3) is 10.8 Å². The van der Waals surface area contributed by atoms with Gasteiger partial charge in [-0.15, -0.1) is 0 Å². The zero-order valence-corrected chi connectivity index (χ0v) is 12.1. The Morgan fingerprint density at radius 1 is 0.850 bits per heavy atom. The van der Waals surface area contributed by atoms with Crippen LogP contribution >= 0.6 is 0 Å². The summed E-state index contributed by atoms with van der Waals surface area (Å²) in [5, 5.41) is 23.6. The van der Waals surface area contributed by atoms with Gasteiger partial charge >= 0.3 is 0 Å². The predicted molar refractivity (Wildman–Crippen MR) is 75.0 cm³/mol. The first-order chi connectivity index (χ1) is 9.60. The van der Waals surface area contributed by atoms with Gasteiger partial charge in [-0.2, -0.15) is 0 Å². The van der Waals surface area contributed by atoms with E-state index >= 15 is 0 Å². The number of carbonyl (C=O) groups is 1. The molecule has 0 aliphatic rings. The van der Waals surface area contributed by atoms with Crippen LogP contribution in [0.4, 0.5) is 0 Å². The fourth-order valence-electron chi connectivity index (χ4n) is 1.58. The van der Waals surface area contributed by atoms with Crippen LogP contribution in [0.2, 0.25) is 0 Å². The lowest BCUT2D eigenvalue weighted by Crippen LogP contribution is -2.21. The molecule has 0 aromatic rings. The molecule has 0 N–H and O–H groups in total. The molecule has 0 rings (SSSR count). The molecule has 0 fully saturated rings. The van der Waals surface area contributed by atoms with Crippen LogP contribution in [0.5, 0.6) is 0 Å². The van der Waals surface area contributed by atoms with Gasteiger partial charge in [0.2, 0.25) is 0 Å². The normalized spacial score (nSPS) is 8.05. The predicted octanol–water partition coefficient (Wildman–Crippen LogP) is 2.44. The molecular weight excluding hydrogens is 260 g/mol. The number of rotatable bonds is 10. The van der Waals surface area contributed by atoms with E-state index in [1.165, 1.54) is 44.9 Å². The summed E-state index contributed by atoms with van der Waals surface area (Å²) in [4.78, 5) is 26.6. The van der Waals surface area contributed by atoms with Crippen LogP contribution < -0.4 is 5.11 Å². The van der Waals surface area contributed by atoms with Crippen molar-refractivity contribution in [3.63, 3.8) is 0 Å². The number of isocyanates is 2. The van der Waals surface area contributed by atoms with Crippen molar-refractivity contribution in [3.8, 4) is 0 Å². The molecule has 0 unspecified atom stereocenters. The number of carboxylic acid groups (broad SMARTS) is 1. The molecule has 0 spiro atoms. The van der Waals surface area contributed by atoms with Crippen molar-refractivity contribution >= 4 is 18.1 Å². The van der Waals surface area contributed by atoms with E-state index in [9.17, 15) is 9.90 Å². The van der Waals surface area contributed by atoms with Gasteiger partial charge in [-0.05, 0) is 25.0 Å². The fraction of sp³-hybridized carbons (Fsp3) is 0.786. The van der Waals surface area contributed by atoms with Gasteiger partial charge in [0.1, 0.15) is 0 Å². The average Bonchev–Trinajstić information content (AvgIpc) is 2.38. The van der Waals surface area contributed by atoms with Crippen molar-refractivity contribution in [2.24, 2.45) is 0 Å². The molecule has 0 aliphatic carbocycles. The molecule has 6 heteroatoms. The van der Waals surface area contributed by atoms with Gasteiger partial charge in [0.15, 0.2) is 0 Å². The van der Waals surface area contributed by atoms with Crippen molar-refractivity contribution in [2.45, 2.75) is 71.1 Å². The van der Waals surface area contributed by atoms with Gasteiger partial charge in [0.05, 0.1) is 0 Å². The van der Waals surface area contributed by atoms with E-state index in [4.69, 9.17) is 20.4 Å². The number of carboxylic acids is 1. The van der Waals surface area contributed by atoms with E-state index in [0.29, 0.717) is 12.2 Å². The molecule has 20 heavy (non-hydrogen) atoms. The molecule has 0 aromatic heterocycles. The number of aliphatic carboxylic acids is 1. The summed E-state index contributed by atoms with van der Waals surface area (Å²) >= 11 is 0. The van der Waals surface area contributed by atoms with Gasteiger partial charge in [-0.1, -0.05) is 58.3 Å². The third-order valence-corrected chi connectivity index (χ3v) is 2.48. The summed E-state index contributed by atoms with van der Waals surface area (Å²) in [6, 6.07) is 0. The van der Waals surface area contributed by atoms with E-state index in [0.717, 1.165) is 12.8 Å². The molecule has 0 aliphatic heterocycles. The largest absolute Gasteiger partial charge is 0.724 e. The van der Waals surface area contributed by atoms with Crippen molar-refractivity contribution in [1.29, 1.82) is 0 Å². The maximum absolute atomic E-state index is 10.1. The second-order valence-electron chi connectivity index (χ2n) is 4.13. The van der Waals surface area contributed by atoms with Gasteiger partial charge in [-0.3, -0.25) is 9.59 Å². The Balaban J connectivity index is -0.000000408. The molecular formula is C14H23N2O4-3. The van der Waals surface area contributed by atoms with Crippen LogP contribution in [0, 0.1) is 0 Å². The monoisotopic (exact) mass is 283 g/mol. The molecule has 116 valence electrons. The minimum absolute atomic E-state index is 0.232. The summed E-state index contributed by atoms with van der Waals surface area (Å²) in [6.07, 6.45) is 12.2. The Bertz CT molecular complexity index is 256. The molecule has 6 nitrogen and oxygen atoms in total. The van der Waals surface area contributed by atoms with Crippen molar-refractivity contribution in [2.75, 3.05) is 0 Å².